The molecule has 0 radical (unpaired) electrons. The smallest absolute Gasteiger partial charge is 0.416 e. The Morgan fingerprint density at radius 3 is 2.65 bits per heavy atom. The number of fused-ring (bicyclic) bond motifs is 1. The summed E-state index contributed by atoms with van der Waals surface area (Å²) in [6.07, 6.45) is -3.18. The van der Waals surface area contributed by atoms with E-state index in [-0.39, 0.29) is 17.1 Å². The third kappa shape index (κ3) is 5.43. The Kier molecular flexibility index (Phi) is 6.68. The van der Waals surface area contributed by atoms with E-state index in [4.69, 9.17) is 16.7 Å². The van der Waals surface area contributed by atoms with Crippen molar-refractivity contribution in [3.05, 3.63) is 58.9 Å². The molecule has 0 aliphatic heterocycles. The maximum Gasteiger partial charge on any atom is 0.416 e. The van der Waals surface area contributed by atoms with E-state index in [1.165, 1.54) is 29.7 Å². The van der Waals surface area contributed by atoms with Crippen molar-refractivity contribution >= 4 is 61.5 Å². The fourth-order valence-electron chi connectivity index (χ4n) is 3.07. The lowest BCUT2D eigenvalue weighted by molar-refractivity contribution is -0.137. The summed E-state index contributed by atoms with van der Waals surface area (Å²) in [5.41, 5.74) is -0.760. The first-order valence-corrected chi connectivity index (χ1v) is 11.4. The van der Waals surface area contributed by atoms with Gasteiger partial charge in [0.05, 0.1) is 20.2 Å². The standard InChI is InChI=1S/C20H13ClF3N5O3S2/c21-12-7-25-8-15-11(12)6-14(33-15)17-28-29-18(34-17)27-16(30)13(26-19(31)32)5-9-2-1-3-10(4-9)20(22,23)24/h1-4,6-8,13,26H,5H2,(H,31,32)(H,27,29,30)/t13-/m0/s1. The first kappa shape index (κ1) is 23.9. The zero-order chi connectivity index (χ0) is 24.5. The number of anilines is 1. The number of hydrogen-bond acceptors (Lipinski definition) is 7. The molecule has 4 aromatic rings. The molecule has 0 saturated heterocycles. The minimum atomic E-state index is -4.57. The zero-order valence-corrected chi connectivity index (χ0v) is 19.1. The van der Waals surface area contributed by atoms with Gasteiger partial charge >= 0.3 is 12.3 Å². The summed E-state index contributed by atoms with van der Waals surface area (Å²) in [5.74, 6) is -0.786. The number of alkyl halides is 3. The van der Waals surface area contributed by atoms with Crippen LogP contribution in [0.25, 0.3) is 20.0 Å². The van der Waals surface area contributed by atoms with Crippen LogP contribution in [0.3, 0.4) is 0 Å². The lowest BCUT2D eigenvalue weighted by Gasteiger charge is -2.16. The number of amides is 2. The molecule has 3 aromatic heterocycles. The third-order valence-electron chi connectivity index (χ3n) is 4.57. The average Bonchev–Trinajstić information content (AvgIpc) is 3.40. The van der Waals surface area contributed by atoms with Crippen LogP contribution in [0.4, 0.5) is 23.1 Å². The monoisotopic (exact) mass is 527 g/mol. The molecule has 0 spiro atoms. The molecule has 1 atom stereocenters. The Morgan fingerprint density at radius 1 is 1.15 bits per heavy atom. The number of benzene rings is 1. The lowest BCUT2D eigenvalue weighted by Crippen LogP contribution is -2.44. The molecule has 34 heavy (non-hydrogen) atoms. The second kappa shape index (κ2) is 9.52. The second-order valence-corrected chi connectivity index (χ2v) is 9.42. The van der Waals surface area contributed by atoms with Gasteiger partial charge in [0.1, 0.15) is 6.04 Å². The van der Waals surface area contributed by atoms with Crippen LogP contribution in [-0.4, -0.2) is 38.3 Å². The first-order chi connectivity index (χ1) is 16.1. The number of carbonyl (C=O) groups excluding carboxylic acids is 1. The molecule has 1 aromatic carbocycles. The molecule has 3 heterocycles. The van der Waals surface area contributed by atoms with Crippen molar-refractivity contribution in [2.24, 2.45) is 0 Å². The van der Waals surface area contributed by atoms with Gasteiger partial charge in [0.15, 0.2) is 5.01 Å². The van der Waals surface area contributed by atoms with E-state index >= 15 is 0 Å². The van der Waals surface area contributed by atoms with Crippen molar-refractivity contribution in [1.82, 2.24) is 20.5 Å². The topological polar surface area (TPSA) is 117 Å². The molecule has 0 saturated carbocycles. The summed E-state index contributed by atoms with van der Waals surface area (Å²) >= 11 is 8.58. The van der Waals surface area contributed by atoms with Crippen molar-refractivity contribution in [3.63, 3.8) is 0 Å². The van der Waals surface area contributed by atoms with E-state index in [1.807, 2.05) is 11.4 Å². The summed E-state index contributed by atoms with van der Waals surface area (Å²) in [7, 11) is 0. The Hall–Kier alpha value is -3.29. The summed E-state index contributed by atoms with van der Waals surface area (Å²) < 4.78 is 39.8. The number of rotatable bonds is 6. The highest BCUT2D eigenvalue weighted by Gasteiger charge is 2.31. The predicted octanol–water partition coefficient (Wildman–Crippen LogP) is 5.30. The number of halogens is 4. The highest BCUT2D eigenvalue weighted by atomic mass is 35.5. The van der Waals surface area contributed by atoms with Crippen LogP contribution in [0.15, 0.2) is 42.7 Å². The second-order valence-electron chi connectivity index (χ2n) is 6.95. The van der Waals surface area contributed by atoms with Gasteiger partial charge in [-0.3, -0.25) is 15.1 Å². The minimum Gasteiger partial charge on any atom is -0.465 e. The van der Waals surface area contributed by atoms with E-state index in [2.05, 4.69) is 20.5 Å². The number of thiophene rings is 1. The fraction of sp³-hybridized carbons (Fsp3) is 0.150. The van der Waals surface area contributed by atoms with Crippen molar-refractivity contribution in [1.29, 1.82) is 0 Å². The van der Waals surface area contributed by atoms with E-state index in [0.717, 1.165) is 38.4 Å². The van der Waals surface area contributed by atoms with Crippen LogP contribution in [0.5, 0.6) is 0 Å². The van der Waals surface area contributed by atoms with Crippen molar-refractivity contribution in [2.75, 3.05) is 5.32 Å². The van der Waals surface area contributed by atoms with Crippen LogP contribution < -0.4 is 10.6 Å². The highest BCUT2D eigenvalue weighted by Crippen LogP contribution is 2.38. The SMILES string of the molecule is O=C(O)N[C@@H](Cc1cccc(C(F)(F)F)c1)C(=O)Nc1nnc(-c2cc3c(Cl)cncc3s2)s1. The lowest BCUT2D eigenvalue weighted by atomic mass is 10.0. The molecule has 8 nitrogen and oxygen atoms in total. The number of carboxylic acid groups (broad SMARTS) is 1. The third-order valence-corrected chi connectivity index (χ3v) is 6.95. The van der Waals surface area contributed by atoms with Gasteiger partial charge in [0, 0.05) is 24.2 Å². The number of pyridine rings is 1. The number of aromatic nitrogens is 3. The average molecular weight is 528 g/mol. The van der Waals surface area contributed by atoms with Crippen LogP contribution in [0, 0.1) is 0 Å². The molecule has 0 unspecified atom stereocenters. The largest absolute Gasteiger partial charge is 0.465 e. The van der Waals surface area contributed by atoms with Crippen LogP contribution in [0.1, 0.15) is 11.1 Å². The molecule has 176 valence electrons. The highest BCUT2D eigenvalue weighted by molar-refractivity contribution is 7.26. The normalized spacial score (nSPS) is 12.5. The Labute approximate surface area is 202 Å². The van der Waals surface area contributed by atoms with Gasteiger partial charge in [-0.25, -0.2) is 4.79 Å². The van der Waals surface area contributed by atoms with Gasteiger partial charge in [-0.2, -0.15) is 13.2 Å². The molecular formula is C20H13ClF3N5O3S2. The Bertz CT molecular complexity index is 1380. The van der Waals surface area contributed by atoms with Crippen LogP contribution in [-0.2, 0) is 17.4 Å². The summed E-state index contributed by atoms with van der Waals surface area (Å²) in [6.45, 7) is 0. The summed E-state index contributed by atoms with van der Waals surface area (Å²) in [4.78, 5) is 28.7. The van der Waals surface area contributed by atoms with Gasteiger partial charge < -0.3 is 10.4 Å². The van der Waals surface area contributed by atoms with E-state index in [9.17, 15) is 22.8 Å². The fourth-order valence-corrected chi connectivity index (χ4v) is 5.18. The molecule has 0 aliphatic rings. The van der Waals surface area contributed by atoms with Gasteiger partial charge in [-0.05, 0) is 17.7 Å². The van der Waals surface area contributed by atoms with Crippen molar-refractivity contribution in [2.45, 2.75) is 18.6 Å². The molecule has 2 amide bonds. The van der Waals surface area contributed by atoms with E-state index < -0.39 is 29.8 Å². The number of nitrogens with zero attached hydrogens (tertiary/aromatic N) is 3. The van der Waals surface area contributed by atoms with Gasteiger partial charge in [-0.15, -0.1) is 21.5 Å². The van der Waals surface area contributed by atoms with Gasteiger partial charge in [0.25, 0.3) is 0 Å². The van der Waals surface area contributed by atoms with Crippen molar-refractivity contribution in [3.8, 4) is 9.88 Å². The molecule has 14 heteroatoms. The zero-order valence-electron chi connectivity index (χ0n) is 16.8. The van der Waals surface area contributed by atoms with Gasteiger partial charge in [-0.1, -0.05) is 41.1 Å². The maximum atomic E-state index is 13.0. The molecule has 3 N–H and O–H groups in total. The Balaban J connectivity index is 1.51. The quantitative estimate of drug-likeness (QED) is 0.313. The molecule has 4 rings (SSSR count). The van der Waals surface area contributed by atoms with Crippen molar-refractivity contribution < 1.29 is 27.9 Å². The molecular weight excluding hydrogens is 515 g/mol. The summed E-state index contributed by atoms with van der Waals surface area (Å²) in [6, 6.07) is 4.79. The number of carbonyl (C=O) groups is 2. The Morgan fingerprint density at radius 2 is 1.94 bits per heavy atom. The van der Waals surface area contributed by atoms with Crippen LogP contribution in [0.2, 0.25) is 5.02 Å². The summed E-state index contributed by atoms with van der Waals surface area (Å²) in [5, 5.41) is 23.4. The molecule has 0 fully saturated rings. The number of hydrogen-bond donors (Lipinski definition) is 3. The molecule has 0 aliphatic carbocycles. The first-order valence-electron chi connectivity index (χ1n) is 9.43. The number of nitrogens with one attached hydrogen (secondary N) is 2. The van der Waals surface area contributed by atoms with Gasteiger partial charge in [0.2, 0.25) is 11.0 Å². The maximum absolute atomic E-state index is 13.0. The minimum absolute atomic E-state index is 0.0999. The predicted molar refractivity (Wildman–Crippen MR) is 122 cm³/mol. The van der Waals surface area contributed by atoms with Crippen LogP contribution >= 0.6 is 34.3 Å². The van der Waals surface area contributed by atoms with E-state index in [1.54, 1.807) is 6.20 Å². The molecule has 0 bridgehead atoms. The van der Waals surface area contributed by atoms with E-state index in [0.29, 0.717) is 10.0 Å².